The molecule has 0 N–H and O–H groups in total. The first-order valence-electron chi connectivity index (χ1n) is 8.69. The van der Waals surface area contributed by atoms with Crippen LogP contribution < -0.4 is 3.07 Å². The van der Waals surface area contributed by atoms with Crippen LogP contribution in [0.2, 0.25) is 0 Å². The third-order valence-electron chi connectivity index (χ3n) is 5.04. The molecule has 2 aromatic heterocycles. The smallest absolute Gasteiger partial charge is 0.192 e. The molecule has 0 saturated heterocycles. The van der Waals surface area contributed by atoms with E-state index in [1.165, 1.54) is 5.39 Å². The number of rotatable bonds is 3. The SMILES string of the molecule is C=Cc1cc2ccccc2n1-c1cccc2oc3cc(C)c(OI)cc3c12. The van der Waals surface area contributed by atoms with Gasteiger partial charge in [-0.1, -0.05) is 30.8 Å². The Morgan fingerprint density at radius 2 is 1.89 bits per heavy atom. The maximum absolute atomic E-state index is 6.16. The molecular formula is C23H16INO2. The van der Waals surface area contributed by atoms with Crippen molar-refractivity contribution in [2.75, 3.05) is 0 Å². The second-order valence-electron chi connectivity index (χ2n) is 6.61. The van der Waals surface area contributed by atoms with Crippen LogP contribution in [0.25, 0.3) is 44.6 Å². The third kappa shape index (κ3) is 2.40. The highest BCUT2D eigenvalue weighted by Gasteiger charge is 2.17. The molecule has 0 aliphatic heterocycles. The van der Waals surface area contributed by atoms with Gasteiger partial charge in [0.15, 0.2) is 23.0 Å². The van der Waals surface area contributed by atoms with Crippen LogP contribution in [0.4, 0.5) is 0 Å². The summed E-state index contributed by atoms with van der Waals surface area (Å²) in [4.78, 5) is 0. The van der Waals surface area contributed by atoms with Crippen molar-refractivity contribution in [1.82, 2.24) is 4.57 Å². The third-order valence-corrected chi connectivity index (χ3v) is 5.52. The lowest BCUT2D eigenvalue weighted by atomic mass is 10.1. The zero-order valence-corrected chi connectivity index (χ0v) is 16.9. The molecule has 3 aromatic carbocycles. The number of benzene rings is 3. The highest BCUT2D eigenvalue weighted by Crippen LogP contribution is 2.39. The van der Waals surface area contributed by atoms with Gasteiger partial charge in [0.2, 0.25) is 0 Å². The largest absolute Gasteiger partial charge is 0.456 e. The van der Waals surface area contributed by atoms with Crippen molar-refractivity contribution < 1.29 is 7.48 Å². The first kappa shape index (κ1) is 16.4. The number of furan rings is 1. The Morgan fingerprint density at radius 3 is 2.70 bits per heavy atom. The highest BCUT2D eigenvalue weighted by atomic mass is 127. The lowest BCUT2D eigenvalue weighted by Crippen LogP contribution is -1.96. The minimum absolute atomic E-state index is 0.849. The predicted molar refractivity (Wildman–Crippen MR) is 120 cm³/mol. The van der Waals surface area contributed by atoms with Crippen LogP contribution in [-0.4, -0.2) is 4.57 Å². The summed E-state index contributed by atoms with van der Waals surface area (Å²) in [7, 11) is 0. The molecule has 4 heteroatoms. The lowest BCUT2D eigenvalue weighted by Gasteiger charge is -2.10. The maximum atomic E-state index is 6.16. The number of halogens is 1. The summed E-state index contributed by atoms with van der Waals surface area (Å²) in [6.45, 7) is 6.04. The molecule has 0 unspecified atom stereocenters. The van der Waals surface area contributed by atoms with Crippen LogP contribution in [0.1, 0.15) is 11.3 Å². The van der Waals surface area contributed by atoms with Crippen molar-refractivity contribution in [1.29, 1.82) is 0 Å². The highest BCUT2D eigenvalue weighted by molar-refractivity contribution is 14.1. The lowest BCUT2D eigenvalue weighted by molar-refractivity contribution is 0.665. The maximum Gasteiger partial charge on any atom is 0.192 e. The second-order valence-corrected chi connectivity index (χ2v) is 7.05. The summed E-state index contributed by atoms with van der Waals surface area (Å²) >= 11 is 1.93. The Balaban J connectivity index is 1.95. The van der Waals surface area contributed by atoms with Gasteiger partial charge in [0.1, 0.15) is 16.9 Å². The molecule has 0 aliphatic rings. The van der Waals surface area contributed by atoms with Gasteiger partial charge in [-0.25, -0.2) is 0 Å². The standard InChI is InChI=1S/C23H16INO2/c1-3-16-12-15-7-4-5-8-18(15)25(16)19-9-6-10-20-23(19)17-13-21(27-24)14(2)11-22(17)26-20/h3-13H,1H2,2H3. The molecule has 0 amide bonds. The van der Waals surface area contributed by atoms with E-state index in [1.807, 2.05) is 54.2 Å². The summed E-state index contributed by atoms with van der Waals surface area (Å²) < 4.78 is 13.9. The molecule has 0 bridgehead atoms. The fraction of sp³-hybridized carbons (Fsp3) is 0.0435. The minimum atomic E-state index is 0.849. The second kappa shape index (κ2) is 6.16. The van der Waals surface area contributed by atoms with E-state index >= 15 is 0 Å². The number of fused-ring (bicyclic) bond motifs is 4. The Hall–Kier alpha value is -2.73. The van der Waals surface area contributed by atoms with Gasteiger partial charge in [-0.05, 0) is 55.0 Å². The van der Waals surface area contributed by atoms with E-state index in [0.717, 1.165) is 50.1 Å². The molecule has 0 aliphatic carbocycles. The van der Waals surface area contributed by atoms with E-state index in [-0.39, 0.29) is 0 Å². The van der Waals surface area contributed by atoms with Gasteiger partial charge in [-0.2, -0.15) is 0 Å². The molecule has 0 radical (unpaired) electrons. The fourth-order valence-electron chi connectivity index (χ4n) is 3.80. The summed E-state index contributed by atoms with van der Waals surface area (Å²) in [5.74, 6) is 0.849. The van der Waals surface area contributed by atoms with Crippen molar-refractivity contribution in [2.24, 2.45) is 0 Å². The van der Waals surface area contributed by atoms with Crippen LogP contribution in [-0.2, 0) is 0 Å². The molecule has 5 rings (SSSR count). The van der Waals surface area contributed by atoms with Gasteiger partial charge in [-0.15, -0.1) is 0 Å². The Morgan fingerprint density at radius 1 is 1.04 bits per heavy atom. The van der Waals surface area contributed by atoms with E-state index in [1.54, 1.807) is 0 Å². The number of aryl methyl sites for hydroxylation is 1. The number of hydrogen-bond donors (Lipinski definition) is 0. The van der Waals surface area contributed by atoms with Gasteiger partial charge >= 0.3 is 0 Å². The topological polar surface area (TPSA) is 27.3 Å². The van der Waals surface area contributed by atoms with Crippen LogP contribution in [0, 0.1) is 6.92 Å². The number of para-hydroxylation sites is 1. The van der Waals surface area contributed by atoms with Crippen molar-refractivity contribution in [3.8, 4) is 11.4 Å². The zero-order valence-electron chi connectivity index (χ0n) is 14.7. The fourth-order valence-corrected chi connectivity index (χ4v) is 4.27. The van der Waals surface area contributed by atoms with Crippen LogP contribution in [0.5, 0.6) is 5.75 Å². The Kier molecular flexibility index (Phi) is 3.75. The van der Waals surface area contributed by atoms with E-state index < -0.39 is 0 Å². The quantitative estimate of drug-likeness (QED) is 0.263. The average molecular weight is 465 g/mol. The number of aromatic nitrogens is 1. The van der Waals surface area contributed by atoms with Gasteiger partial charge in [-0.3, -0.25) is 0 Å². The molecule has 27 heavy (non-hydrogen) atoms. The van der Waals surface area contributed by atoms with Crippen LogP contribution in [0.3, 0.4) is 0 Å². The van der Waals surface area contributed by atoms with Crippen molar-refractivity contribution in [3.05, 3.63) is 78.5 Å². The zero-order chi connectivity index (χ0) is 18.5. The van der Waals surface area contributed by atoms with Crippen molar-refractivity contribution in [2.45, 2.75) is 6.92 Å². The monoisotopic (exact) mass is 465 g/mol. The Labute approximate surface area is 170 Å². The molecule has 0 spiro atoms. The molecule has 0 atom stereocenters. The number of hydrogen-bond acceptors (Lipinski definition) is 2. The van der Waals surface area contributed by atoms with Crippen molar-refractivity contribution in [3.63, 3.8) is 0 Å². The number of nitrogens with zero attached hydrogens (tertiary/aromatic N) is 1. The molecule has 132 valence electrons. The van der Waals surface area contributed by atoms with E-state index in [9.17, 15) is 0 Å². The molecule has 2 heterocycles. The van der Waals surface area contributed by atoms with Crippen molar-refractivity contribution >= 4 is 61.9 Å². The van der Waals surface area contributed by atoms with Gasteiger partial charge in [0, 0.05) is 16.5 Å². The Bertz CT molecular complexity index is 1340. The summed E-state index contributed by atoms with van der Waals surface area (Å²) in [5.41, 5.74) is 6.05. The molecule has 0 saturated carbocycles. The van der Waals surface area contributed by atoms with Gasteiger partial charge in [0.25, 0.3) is 0 Å². The first-order chi connectivity index (χ1) is 13.2. The molecule has 5 aromatic rings. The van der Waals surface area contributed by atoms with Gasteiger partial charge < -0.3 is 12.1 Å². The van der Waals surface area contributed by atoms with E-state index in [4.69, 9.17) is 7.48 Å². The summed E-state index contributed by atoms with van der Waals surface area (Å²) in [5, 5.41) is 3.31. The average Bonchev–Trinajstić information content (AvgIpc) is 3.24. The van der Waals surface area contributed by atoms with Crippen LogP contribution in [0.15, 0.2) is 71.7 Å². The van der Waals surface area contributed by atoms with Gasteiger partial charge in [0.05, 0.1) is 16.6 Å². The minimum Gasteiger partial charge on any atom is -0.456 e. The molecule has 3 nitrogen and oxygen atoms in total. The predicted octanol–water partition coefficient (Wildman–Crippen LogP) is 7.21. The summed E-state index contributed by atoms with van der Waals surface area (Å²) in [6.07, 6.45) is 1.89. The van der Waals surface area contributed by atoms with E-state index in [2.05, 4.69) is 53.6 Å². The normalized spacial score (nSPS) is 11.5. The van der Waals surface area contributed by atoms with E-state index in [0.29, 0.717) is 0 Å². The molecular weight excluding hydrogens is 449 g/mol. The van der Waals surface area contributed by atoms with Crippen LogP contribution >= 0.6 is 23.0 Å². The summed E-state index contributed by atoms with van der Waals surface area (Å²) in [6, 6.07) is 20.8. The first-order valence-corrected chi connectivity index (χ1v) is 9.57. The molecule has 0 fully saturated rings.